The van der Waals surface area contributed by atoms with Crippen LogP contribution in [0.4, 0.5) is 0 Å². The summed E-state index contributed by atoms with van der Waals surface area (Å²) in [4.78, 5) is 12.4. The number of aromatic nitrogens is 1. The molecule has 2 nitrogen and oxygen atoms in total. The highest BCUT2D eigenvalue weighted by molar-refractivity contribution is 6.35. The van der Waals surface area contributed by atoms with Crippen molar-refractivity contribution in [3.8, 4) is 5.69 Å². The van der Waals surface area contributed by atoms with Crippen LogP contribution in [-0.2, 0) is 0 Å². The van der Waals surface area contributed by atoms with Gasteiger partial charge in [-0.25, -0.2) is 0 Å². The number of halogens is 1. The second-order valence-corrected chi connectivity index (χ2v) is 4.44. The van der Waals surface area contributed by atoms with E-state index in [2.05, 4.69) is 0 Å². The molecule has 0 fully saturated rings. The summed E-state index contributed by atoms with van der Waals surface area (Å²) in [5.41, 5.74) is 0.744. The Balaban J connectivity index is 2.37. The van der Waals surface area contributed by atoms with Gasteiger partial charge in [-0.2, -0.15) is 0 Å². The van der Waals surface area contributed by atoms with Crippen LogP contribution in [0.2, 0.25) is 5.02 Å². The lowest BCUT2D eigenvalue weighted by molar-refractivity contribution is 1.01. The van der Waals surface area contributed by atoms with Crippen LogP contribution in [0.15, 0.2) is 65.6 Å². The van der Waals surface area contributed by atoms with Crippen LogP contribution < -0.4 is 5.56 Å². The summed E-state index contributed by atoms with van der Waals surface area (Å²) in [5.74, 6) is 0. The van der Waals surface area contributed by atoms with Gasteiger partial charge in [0.2, 0.25) is 0 Å². The average molecular weight is 256 g/mol. The van der Waals surface area contributed by atoms with Gasteiger partial charge in [0.15, 0.2) is 0 Å². The van der Waals surface area contributed by atoms with E-state index < -0.39 is 0 Å². The van der Waals surface area contributed by atoms with Crippen LogP contribution in [-0.4, -0.2) is 4.57 Å². The lowest BCUT2D eigenvalue weighted by Crippen LogP contribution is -2.17. The summed E-state index contributed by atoms with van der Waals surface area (Å²) in [7, 11) is 0. The molecule has 0 atom stereocenters. The molecule has 18 heavy (non-hydrogen) atoms. The van der Waals surface area contributed by atoms with Gasteiger partial charge in [-0.05, 0) is 29.7 Å². The molecule has 0 saturated heterocycles. The summed E-state index contributed by atoms with van der Waals surface area (Å²) in [5, 5.41) is 1.91. The molecule has 1 aromatic heterocycles. The Morgan fingerprint density at radius 3 is 2.44 bits per heavy atom. The zero-order valence-corrected chi connectivity index (χ0v) is 10.3. The van der Waals surface area contributed by atoms with E-state index in [0.29, 0.717) is 10.4 Å². The van der Waals surface area contributed by atoms with Crippen molar-refractivity contribution in [2.45, 2.75) is 0 Å². The fraction of sp³-hybridized carbons (Fsp3) is 0. The average Bonchev–Trinajstić information content (AvgIpc) is 2.40. The lowest BCUT2D eigenvalue weighted by Gasteiger charge is -2.07. The van der Waals surface area contributed by atoms with Gasteiger partial charge in [-0.1, -0.05) is 41.9 Å². The summed E-state index contributed by atoms with van der Waals surface area (Å²) in [6.07, 6.45) is 1.77. The van der Waals surface area contributed by atoms with Gasteiger partial charge in [0, 0.05) is 11.9 Å². The molecule has 0 saturated carbocycles. The molecule has 3 aromatic rings. The number of rotatable bonds is 1. The van der Waals surface area contributed by atoms with Crippen LogP contribution in [0.25, 0.3) is 16.5 Å². The van der Waals surface area contributed by atoms with E-state index in [0.717, 1.165) is 11.1 Å². The Kier molecular flexibility index (Phi) is 2.65. The number of para-hydroxylation sites is 1. The monoisotopic (exact) mass is 255 g/mol. The van der Waals surface area contributed by atoms with Crippen LogP contribution in [0.1, 0.15) is 0 Å². The van der Waals surface area contributed by atoms with E-state index in [1.54, 1.807) is 16.8 Å². The lowest BCUT2D eigenvalue weighted by atomic mass is 10.1. The number of fused-ring (bicyclic) bond motifs is 1. The maximum absolute atomic E-state index is 12.4. The van der Waals surface area contributed by atoms with Crippen molar-refractivity contribution in [2.24, 2.45) is 0 Å². The molecule has 3 rings (SSSR count). The molecular weight excluding hydrogens is 246 g/mol. The SMILES string of the molecule is O=c1c2c(Cl)cccc2ccn1-c1ccccc1. The van der Waals surface area contributed by atoms with Crippen molar-refractivity contribution in [3.05, 3.63) is 76.2 Å². The van der Waals surface area contributed by atoms with Crippen LogP contribution in [0.5, 0.6) is 0 Å². The first-order valence-electron chi connectivity index (χ1n) is 5.63. The molecule has 1 heterocycles. The maximum atomic E-state index is 12.4. The predicted octanol–water partition coefficient (Wildman–Crippen LogP) is 3.64. The second-order valence-electron chi connectivity index (χ2n) is 4.03. The summed E-state index contributed by atoms with van der Waals surface area (Å²) in [6.45, 7) is 0. The zero-order chi connectivity index (χ0) is 12.5. The van der Waals surface area contributed by atoms with Crippen molar-refractivity contribution in [3.63, 3.8) is 0 Å². The first kappa shape index (κ1) is 11.1. The predicted molar refractivity (Wildman–Crippen MR) is 74.6 cm³/mol. The molecule has 0 amide bonds. The molecular formula is C15H10ClNO. The van der Waals surface area contributed by atoms with Crippen molar-refractivity contribution < 1.29 is 0 Å². The maximum Gasteiger partial charge on any atom is 0.264 e. The molecule has 3 heteroatoms. The van der Waals surface area contributed by atoms with E-state index in [9.17, 15) is 4.79 Å². The number of hydrogen-bond donors (Lipinski definition) is 0. The van der Waals surface area contributed by atoms with E-state index in [1.807, 2.05) is 48.5 Å². The zero-order valence-electron chi connectivity index (χ0n) is 9.51. The van der Waals surface area contributed by atoms with E-state index in [1.165, 1.54) is 0 Å². The minimum atomic E-state index is -0.0932. The van der Waals surface area contributed by atoms with Crippen molar-refractivity contribution in [2.75, 3.05) is 0 Å². The minimum Gasteiger partial charge on any atom is -0.284 e. The molecule has 0 aliphatic carbocycles. The van der Waals surface area contributed by atoms with Crippen LogP contribution in [0.3, 0.4) is 0 Å². The van der Waals surface area contributed by atoms with E-state index in [4.69, 9.17) is 11.6 Å². The Morgan fingerprint density at radius 1 is 0.889 bits per heavy atom. The third-order valence-electron chi connectivity index (χ3n) is 2.92. The van der Waals surface area contributed by atoms with Gasteiger partial charge < -0.3 is 0 Å². The van der Waals surface area contributed by atoms with Crippen molar-refractivity contribution >= 4 is 22.4 Å². The highest BCUT2D eigenvalue weighted by Gasteiger charge is 2.07. The number of hydrogen-bond acceptors (Lipinski definition) is 1. The number of pyridine rings is 1. The standard InChI is InChI=1S/C15H10ClNO/c16-13-8-4-5-11-9-10-17(15(18)14(11)13)12-6-2-1-3-7-12/h1-10H. The largest absolute Gasteiger partial charge is 0.284 e. The minimum absolute atomic E-state index is 0.0932. The first-order valence-corrected chi connectivity index (χ1v) is 6.00. The fourth-order valence-electron chi connectivity index (χ4n) is 2.04. The third-order valence-corrected chi connectivity index (χ3v) is 3.23. The molecule has 0 aliphatic rings. The summed E-state index contributed by atoms with van der Waals surface area (Å²) < 4.78 is 1.61. The molecule has 0 spiro atoms. The van der Waals surface area contributed by atoms with Gasteiger partial charge in [-0.3, -0.25) is 9.36 Å². The smallest absolute Gasteiger partial charge is 0.264 e. The highest BCUT2D eigenvalue weighted by Crippen LogP contribution is 2.20. The Morgan fingerprint density at radius 2 is 1.67 bits per heavy atom. The van der Waals surface area contributed by atoms with Crippen LogP contribution in [0, 0.1) is 0 Å². The van der Waals surface area contributed by atoms with Gasteiger partial charge in [0.05, 0.1) is 10.4 Å². The van der Waals surface area contributed by atoms with E-state index >= 15 is 0 Å². The van der Waals surface area contributed by atoms with Crippen molar-refractivity contribution in [1.29, 1.82) is 0 Å². The van der Waals surface area contributed by atoms with Gasteiger partial charge >= 0.3 is 0 Å². The van der Waals surface area contributed by atoms with Gasteiger partial charge in [-0.15, -0.1) is 0 Å². The molecule has 0 N–H and O–H groups in total. The second kappa shape index (κ2) is 4.31. The number of benzene rings is 2. The number of nitrogens with zero attached hydrogens (tertiary/aromatic N) is 1. The van der Waals surface area contributed by atoms with E-state index in [-0.39, 0.29) is 5.56 Å². The summed E-state index contributed by atoms with van der Waals surface area (Å²) >= 11 is 6.11. The summed E-state index contributed by atoms with van der Waals surface area (Å²) in [6, 6.07) is 16.9. The molecule has 88 valence electrons. The van der Waals surface area contributed by atoms with Crippen molar-refractivity contribution in [1.82, 2.24) is 4.57 Å². The fourth-order valence-corrected chi connectivity index (χ4v) is 2.30. The molecule has 0 aliphatic heterocycles. The van der Waals surface area contributed by atoms with Crippen LogP contribution >= 0.6 is 11.6 Å². The molecule has 0 unspecified atom stereocenters. The molecule has 0 bridgehead atoms. The normalized spacial score (nSPS) is 10.7. The van der Waals surface area contributed by atoms with Gasteiger partial charge in [0.1, 0.15) is 0 Å². The third kappa shape index (κ3) is 1.71. The Hall–Kier alpha value is -2.06. The Bertz CT molecular complexity index is 762. The molecule has 2 aromatic carbocycles. The quantitative estimate of drug-likeness (QED) is 0.651. The first-order chi connectivity index (χ1) is 8.77. The topological polar surface area (TPSA) is 22.0 Å². The van der Waals surface area contributed by atoms with Gasteiger partial charge in [0.25, 0.3) is 5.56 Å². The Labute approximate surface area is 109 Å². The highest BCUT2D eigenvalue weighted by atomic mass is 35.5. The molecule has 0 radical (unpaired) electrons.